The van der Waals surface area contributed by atoms with Gasteiger partial charge in [0.2, 0.25) is 5.91 Å². The third-order valence-electron chi connectivity index (χ3n) is 5.70. The summed E-state index contributed by atoms with van der Waals surface area (Å²) in [6, 6.07) is 7.34. The summed E-state index contributed by atoms with van der Waals surface area (Å²) in [5.41, 5.74) is 0.669. The zero-order valence-corrected chi connectivity index (χ0v) is 17.6. The first-order chi connectivity index (χ1) is 14.1. The molecule has 3 rings (SSSR count). The smallest absolute Gasteiger partial charge is 0.253 e. The largest absolute Gasteiger partial charge is 0.491 e. The van der Waals surface area contributed by atoms with Crippen LogP contribution < -0.4 is 4.74 Å². The molecule has 2 heterocycles. The van der Waals surface area contributed by atoms with Crippen molar-refractivity contribution in [3.63, 3.8) is 0 Å². The number of ether oxygens (including phenoxy) is 2. The van der Waals surface area contributed by atoms with Crippen LogP contribution in [0.4, 0.5) is 0 Å². The van der Waals surface area contributed by atoms with E-state index in [0.717, 1.165) is 51.4 Å². The highest BCUT2D eigenvalue weighted by molar-refractivity contribution is 5.94. The van der Waals surface area contributed by atoms with Gasteiger partial charge in [0.05, 0.1) is 12.6 Å². The highest BCUT2D eigenvalue weighted by Crippen LogP contribution is 2.18. The van der Waals surface area contributed by atoms with Gasteiger partial charge in [-0.15, -0.1) is 0 Å². The van der Waals surface area contributed by atoms with Crippen molar-refractivity contribution in [3.05, 3.63) is 29.8 Å². The van der Waals surface area contributed by atoms with E-state index in [1.807, 2.05) is 47.9 Å². The molecule has 1 unspecified atom stereocenters. The SMILES string of the molecule is CCN(CC)C(=O)CN1CCN(C(=O)c2ccc(OCC3CCCO3)cc2)CC1. The maximum absolute atomic E-state index is 12.8. The zero-order chi connectivity index (χ0) is 20.6. The van der Waals surface area contributed by atoms with E-state index in [1.54, 1.807) is 0 Å². The number of rotatable bonds is 8. The molecule has 0 bridgehead atoms. The standard InChI is InChI=1S/C22H33N3O4/c1-3-24(4-2)21(26)16-23-11-13-25(14-12-23)22(27)18-7-9-19(10-8-18)29-17-20-6-5-15-28-20/h7-10,20H,3-6,11-17H2,1-2H3. The fraction of sp³-hybridized carbons (Fsp3) is 0.636. The Kier molecular flexibility index (Phi) is 7.89. The van der Waals surface area contributed by atoms with Crippen molar-refractivity contribution in [3.8, 4) is 5.75 Å². The number of piperazine rings is 1. The molecule has 2 amide bonds. The number of carbonyl (C=O) groups is 2. The third kappa shape index (κ3) is 5.93. The van der Waals surface area contributed by atoms with Gasteiger partial charge in [0.1, 0.15) is 12.4 Å². The topological polar surface area (TPSA) is 62.3 Å². The molecule has 0 aliphatic carbocycles. The van der Waals surface area contributed by atoms with Crippen molar-refractivity contribution < 1.29 is 19.1 Å². The van der Waals surface area contributed by atoms with Crippen LogP contribution in [0.3, 0.4) is 0 Å². The number of likely N-dealkylation sites (N-methyl/N-ethyl adjacent to an activating group) is 1. The van der Waals surface area contributed by atoms with Crippen LogP contribution in [-0.2, 0) is 9.53 Å². The lowest BCUT2D eigenvalue weighted by Gasteiger charge is -2.35. The fourth-order valence-corrected chi connectivity index (χ4v) is 3.82. The summed E-state index contributed by atoms with van der Waals surface area (Å²) < 4.78 is 11.3. The van der Waals surface area contributed by atoms with E-state index in [2.05, 4.69) is 4.90 Å². The second-order valence-electron chi connectivity index (χ2n) is 7.60. The predicted octanol–water partition coefficient (Wildman–Crippen LogP) is 1.87. The van der Waals surface area contributed by atoms with Crippen LogP contribution in [0, 0.1) is 0 Å². The van der Waals surface area contributed by atoms with Gasteiger partial charge in [0.15, 0.2) is 0 Å². The van der Waals surface area contributed by atoms with Gasteiger partial charge in [-0.1, -0.05) is 0 Å². The van der Waals surface area contributed by atoms with Gasteiger partial charge >= 0.3 is 0 Å². The molecule has 2 saturated heterocycles. The average Bonchev–Trinajstić information content (AvgIpc) is 3.27. The van der Waals surface area contributed by atoms with Crippen molar-refractivity contribution in [2.45, 2.75) is 32.8 Å². The monoisotopic (exact) mass is 403 g/mol. The minimum atomic E-state index is 0.0328. The normalized spacial score (nSPS) is 19.9. The number of carbonyl (C=O) groups excluding carboxylic acids is 2. The molecule has 2 aliphatic rings. The number of nitrogens with zero attached hydrogens (tertiary/aromatic N) is 3. The minimum absolute atomic E-state index is 0.0328. The van der Waals surface area contributed by atoms with E-state index in [-0.39, 0.29) is 17.9 Å². The van der Waals surface area contributed by atoms with Gasteiger partial charge in [-0.05, 0) is 51.0 Å². The van der Waals surface area contributed by atoms with Crippen molar-refractivity contribution >= 4 is 11.8 Å². The molecule has 1 atom stereocenters. The van der Waals surface area contributed by atoms with Crippen molar-refractivity contribution in [1.82, 2.24) is 14.7 Å². The number of benzene rings is 1. The average molecular weight is 404 g/mol. The lowest BCUT2D eigenvalue weighted by atomic mass is 10.1. The molecule has 0 saturated carbocycles. The quantitative estimate of drug-likeness (QED) is 0.663. The molecule has 160 valence electrons. The summed E-state index contributed by atoms with van der Waals surface area (Å²) in [6.07, 6.45) is 2.32. The fourth-order valence-electron chi connectivity index (χ4n) is 3.82. The van der Waals surface area contributed by atoms with E-state index in [1.165, 1.54) is 0 Å². The van der Waals surface area contributed by atoms with Crippen LogP contribution in [0.1, 0.15) is 37.0 Å². The zero-order valence-electron chi connectivity index (χ0n) is 17.6. The van der Waals surface area contributed by atoms with Crippen LogP contribution >= 0.6 is 0 Å². The van der Waals surface area contributed by atoms with Gasteiger partial charge in [-0.2, -0.15) is 0 Å². The maximum atomic E-state index is 12.8. The van der Waals surface area contributed by atoms with Crippen LogP contribution in [-0.4, -0.2) is 91.6 Å². The Balaban J connectivity index is 1.44. The first-order valence-electron chi connectivity index (χ1n) is 10.7. The van der Waals surface area contributed by atoms with Crippen molar-refractivity contribution in [2.24, 2.45) is 0 Å². The Morgan fingerprint density at radius 3 is 2.38 bits per heavy atom. The first kappa shape index (κ1) is 21.6. The molecule has 7 heteroatoms. The summed E-state index contributed by atoms with van der Waals surface area (Å²) in [4.78, 5) is 30.9. The van der Waals surface area contributed by atoms with E-state index in [4.69, 9.17) is 9.47 Å². The molecule has 0 spiro atoms. The van der Waals surface area contributed by atoms with Gasteiger partial charge in [0.25, 0.3) is 5.91 Å². The van der Waals surface area contributed by atoms with Gasteiger partial charge in [-0.25, -0.2) is 0 Å². The molecule has 0 radical (unpaired) electrons. The summed E-state index contributed by atoms with van der Waals surface area (Å²) in [5.74, 6) is 0.954. The Morgan fingerprint density at radius 1 is 1.10 bits per heavy atom. The minimum Gasteiger partial charge on any atom is -0.491 e. The second kappa shape index (κ2) is 10.6. The number of hydrogen-bond acceptors (Lipinski definition) is 5. The molecule has 0 N–H and O–H groups in total. The second-order valence-corrected chi connectivity index (χ2v) is 7.60. The molecule has 29 heavy (non-hydrogen) atoms. The molecule has 1 aromatic carbocycles. The molecule has 1 aromatic rings. The van der Waals surface area contributed by atoms with E-state index in [0.29, 0.717) is 31.8 Å². The Labute approximate surface area is 173 Å². The predicted molar refractivity (Wildman–Crippen MR) is 111 cm³/mol. The van der Waals surface area contributed by atoms with Crippen molar-refractivity contribution in [2.75, 3.05) is 59.0 Å². The van der Waals surface area contributed by atoms with E-state index in [9.17, 15) is 9.59 Å². The van der Waals surface area contributed by atoms with Crippen LogP contribution in [0.2, 0.25) is 0 Å². The van der Waals surface area contributed by atoms with Crippen molar-refractivity contribution in [1.29, 1.82) is 0 Å². The van der Waals surface area contributed by atoms with Gasteiger partial charge < -0.3 is 19.3 Å². The molecular weight excluding hydrogens is 370 g/mol. The Bertz CT molecular complexity index is 661. The molecule has 7 nitrogen and oxygen atoms in total. The maximum Gasteiger partial charge on any atom is 0.253 e. The molecule has 2 aliphatic heterocycles. The molecular formula is C22H33N3O4. The summed E-state index contributed by atoms with van der Waals surface area (Å²) in [5, 5.41) is 0. The van der Waals surface area contributed by atoms with Gasteiger partial charge in [-0.3, -0.25) is 14.5 Å². The third-order valence-corrected chi connectivity index (χ3v) is 5.70. The first-order valence-corrected chi connectivity index (χ1v) is 10.7. The summed E-state index contributed by atoms with van der Waals surface area (Å²) >= 11 is 0. The van der Waals surface area contributed by atoms with E-state index >= 15 is 0 Å². The highest BCUT2D eigenvalue weighted by atomic mass is 16.5. The van der Waals surface area contributed by atoms with Crippen LogP contribution in [0.15, 0.2) is 24.3 Å². The van der Waals surface area contributed by atoms with Gasteiger partial charge in [0, 0.05) is 51.4 Å². The number of amides is 2. The summed E-state index contributed by atoms with van der Waals surface area (Å²) in [7, 11) is 0. The lowest BCUT2D eigenvalue weighted by molar-refractivity contribution is -0.132. The lowest BCUT2D eigenvalue weighted by Crippen LogP contribution is -2.51. The summed E-state index contributed by atoms with van der Waals surface area (Å²) in [6.45, 7) is 10.0. The highest BCUT2D eigenvalue weighted by Gasteiger charge is 2.24. The Hall–Kier alpha value is -2.12. The Morgan fingerprint density at radius 2 is 1.79 bits per heavy atom. The van der Waals surface area contributed by atoms with Crippen LogP contribution in [0.5, 0.6) is 5.75 Å². The van der Waals surface area contributed by atoms with Crippen LogP contribution in [0.25, 0.3) is 0 Å². The molecule has 2 fully saturated rings. The van der Waals surface area contributed by atoms with E-state index < -0.39 is 0 Å². The number of hydrogen-bond donors (Lipinski definition) is 0. The molecule has 0 aromatic heterocycles.